The summed E-state index contributed by atoms with van der Waals surface area (Å²) in [5.41, 5.74) is 0.925. The van der Waals surface area contributed by atoms with E-state index in [1.54, 1.807) is 12.4 Å². The van der Waals surface area contributed by atoms with E-state index in [1.807, 2.05) is 0 Å². The summed E-state index contributed by atoms with van der Waals surface area (Å²) in [7, 11) is 0. The molecule has 0 bridgehead atoms. The SMILES string of the molecule is CCNCc1cnc(OC2COC2)cn1. The Morgan fingerprint density at radius 2 is 2.33 bits per heavy atom. The minimum Gasteiger partial charge on any atom is -0.468 e. The second-order valence-electron chi connectivity index (χ2n) is 3.40. The van der Waals surface area contributed by atoms with E-state index in [2.05, 4.69) is 22.2 Å². The van der Waals surface area contributed by atoms with E-state index in [0.29, 0.717) is 19.1 Å². The second-order valence-corrected chi connectivity index (χ2v) is 3.40. The zero-order chi connectivity index (χ0) is 10.5. The van der Waals surface area contributed by atoms with Crippen LogP contribution in [0.1, 0.15) is 12.6 Å². The zero-order valence-electron chi connectivity index (χ0n) is 8.77. The number of hydrogen-bond donors (Lipinski definition) is 1. The normalized spacial score (nSPS) is 16.1. The Kier molecular flexibility index (Phi) is 3.47. The Bertz CT molecular complexity index is 298. The number of nitrogens with one attached hydrogen (secondary N) is 1. The molecule has 2 rings (SSSR count). The van der Waals surface area contributed by atoms with Gasteiger partial charge in [-0.15, -0.1) is 0 Å². The fourth-order valence-electron chi connectivity index (χ4n) is 1.20. The quantitative estimate of drug-likeness (QED) is 0.759. The van der Waals surface area contributed by atoms with E-state index in [0.717, 1.165) is 18.8 Å². The summed E-state index contributed by atoms with van der Waals surface area (Å²) in [5, 5.41) is 3.18. The number of nitrogens with zero attached hydrogens (tertiary/aromatic N) is 2. The molecule has 0 atom stereocenters. The van der Waals surface area contributed by atoms with Crippen LogP contribution in [-0.4, -0.2) is 35.8 Å². The number of aromatic nitrogens is 2. The molecule has 5 nitrogen and oxygen atoms in total. The molecule has 0 radical (unpaired) electrons. The summed E-state index contributed by atoms with van der Waals surface area (Å²) in [5.74, 6) is 0.573. The average Bonchev–Trinajstić information content (AvgIpc) is 2.22. The van der Waals surface area contributed by atoms with Crippen molar-refractivity contribution in [2.75, 3.05) is 19.8 Å². The molecule has 0 aromatic carbocycles. The predicted octanol–water partition coefficient (Wildman–Crippen LogP) is 0.364. The summed E-state index contributed by atoms with van der Waals surface area (Å²) in [6.07, 6.45) is 3.54. The highest BCUT2D eigenvalue weighted by Gasteiger charge is 2.20. The maximum Gasteiger partial charge on any atom is 0.232 e. The average molecular weight is 209 g/mol. The minimum absolute atomic E-state index is 0.152. The molecule has 0 saturated carbocycles. The Hall–Kier alpha value is -1.20. The van der Waals surface area contributed by atoms with Gasteiger partial charge in [-0.25, -0.2) is 4.98 Å². The van der Waals surface area contributed by atoms with E-state index in [9.17, 15) is 0 Å². The van der Waals surface area contributed by atoms with Gasteiger partial charge in [-0.05, 0) is 6.54 Å². The lowest BCUT2D eigenvalue weighted by molar-refractivity contribution is -0.0814. The van der Waals surface area contributed by atoms with Crippen molar-refractivity contribution in [1.29, 1.82) is 0 Å². The molecule has 1 aromatic heterocycles. The van der Waals surface area contributed by atoms with Crippen molar-refractivity contribution in [3.63, 3.8) is 0 Å². The molecule has 1 saturated heterocycles. The van der Waals surface area contributed by atoms with Crippen molar-refractivity contribution in [2.24, 2.45) is 0 Å². The molecule has 1 aliphatic rings. The number of hydrogen-bond acceptors (Lipinski definition) is 5. The van der Waals surface area contributed by atoms with Crippen LogP contribution in [0.15, 0.2) is 12.4 Å². The van der Waals surface area contributed by atoms with E-state index < -0.39 is 0 Å². The number of rotatable bonds is 5. The van der Waals surface area contributed by atoms with Gasteiger partial charge in [0.2, 0.25) is 5.88 Å². The summed E-state index contributed by atoms with van der Waals surface area (Å²) in [6, 6.07) is 0. The lowest BCUT2D eigenvalue weighted by Crippen LogP contribution is -2.38. The molecule has 1 N–H and O–H groups in total. The minimum atomic E-state index is 0.152. The van der Waals surface area contributed by atoms with Gasteiger partial charge in [0.25, 0.3) is 0 Å². The Labute approximate surface area is 88.8 Å². The highest BCUT2D eigenvalue weighted by Crippen LogP contribution is 2.11. The molecular weight excluding hydrogens is 194 g/mol. The third-order valence-corrected chi connectivity index (χ3v) is 2.13. The van der Waals surface area contributed by atoms with Crippen LogP contribution in [0.4, 0.5) is 0 Å². The van der Waals surface area contributed by atoms with E-state index >= 15 is 0 Å². The van der Waals surface area contributed by atoms with E-state index in [4.69, 9.17) is 9.47 Å². The van der Waals surface area contributed by atoms with E-state index in [1.165, 1.54) is 0 Å². The Morgan fingerprint density at radius 1 is 1.47 bits per heavy atom. The molecule has 0 unspecified atom stereocenters. The molecule has 5 heteroatoms. The highest BCUT2D eigenvalue weighted by atomic mass is 16.6. The first-order valence-electron chi connectivity index (χ1n) is 5.14. The van der Waals surface area contributed by atoms with Crippen molar-refractivity contribution in [1.82, 2.24) is 15.3 Å². The zero-order valence-corrected chi connectivity index (χ0v) is 8.77. The monoisotopic (exact) mass is 209 g/mol. The smallest absolute Gasteiger partial charge is 0.232 e. The molecule has 1 fully saturated rings. The molecule has 15 heavy (non-hydrogen) atoms. The molecular formula is C10H15N3O2. The van der Waals surface area contributed by atoms with Crippen molar-refractivity contribution < 1.29 is 9.47 Å². The van der Waals surface area contributed by atoms with Crippen LogP contribution >= 0.6 is 0 Å². The van der Waals surface area contributed by atoms with Crippen molar-refractivity contribution >= 4 is 0 Å². The summed E-state index contributed by atoms with van der Waals surface area (Å²) in [4.78, 5) is 8.41. The fourth-order valence-corrected chi connectivity index (χ4v) is 1.20. The topological polar surface area (TPSA) is 56.3 Å². The third-order valence-electron chi connectivity index (χ3n) is 2.13. The van der Waals surface area contributed by atoms with Crippen molar-refractivity contribution in [3.05, 3.63) is 18.1 Å². The summed E-state index contributed by atoms with van der Waals surface area (Å²) in [6.45, 7) is 5.04. The van der Waals surface area contributed by atoms with Crippen LogP contribution in [0.3, 0.4) is 0 Å². The third kappa shape index (κ3) is 2.87. The molecule has 1 aromatic rings. The van der Waals surface area contributed by atoms with Gasteiger partial charge in [-0.2, -0.15) is 0 Å². The molecule has 82 valence electrons. The van der Waals surface area contributed by atoms with Gasteiger partial charge in [-0.3, -0.25) is 4.98 Å². The van der Waals surface area contributed by atoms with Crippen molar-refractivity contribution in [2.45, 2.75) is 19.6 Å². The maximum atomic E-state index is 5.49. The second kappa shape index (κ2) is 5.04. The first-order valence-corrected chi connectivity index (χ1v) is 5.14. The summed E-state index contributed by atoms with van der Waals surface area (Å²) < 4.78 is 10.5. The van der Waals surface area contributed by atoms with Gasteiger partial charge < -0.3 is 14.8 Å². The number of ether oxygens (including phenoxy) is 2. The molecule has 0 spiro atoms. The van der Waals surface area contributed by atoms with Crippen LogP contribution in [0.2, 0.25) is 0 Å². The first-order chi connectivity index (χ1) is 7.38. The van der Waals surface area contributed by atoms with Gasteiger partial charge in [0, 0.05) is 6.54 Å². The lowest BCUT2D eigenvalue weighted by atomic mass is 10.3. The lowest BCUT2D eigenvalue weighted by Gasteiger charge is -2.25. The van der Waals surface area contributed by atoms with Crippen LogP contribution in [0.5, 0.6) is 5.88 Å². The Morgan fingerprint density at radius 3 is 2.87 bits per heavy atom. The molecule has 0 aliphatic carbocycles. The molecule has 1 aliphatic heterocycles. The van der Waals surface area contributed by atoms with Crippen LogP contribution in [-0.2, 0) is 11.3 Å². The predicted molar refractivity (Wildman–Crippen MR) is 54.6 cm³/mol. The van der Waals surface area contributed by atoms with Crippen LogP contribution < -0.4 is 10.1 Å². The van der Waals surface area contributed by atoms with Gasteiger partial charge >= 0.3 is 0 Å². The van der Waals surface area contributed by atoms with Gasteiger partial charge in [0.1, 0.15) is 6.10 Å². The van der Waals surface area contributed by atoms with Crippen LogP contribution in [0, 0.1) is 0 Å². The largest absolute Gasteiger partial charge is 0.468 e. The van der Waals surface area contributed by atoms with E-state index in [-0.39, 0.29) is 6.10 Å². The van der Waals surface area contributed by atoms with Crippen LogP contribution in [0.25, 0.3) is 0 Å². The molecule has 0 amide bonds. The summed E-state index contributed by atoms with van der Waals surface area (Å²) >= 11 is 0. The molecule has 2 heterocycles. The highest BCUT2D eigenvalue weighted by molar-refractivity contribution is 5.07. The Balaban J connectivity index is 1.85. The standard InChI is InChI=1S/C10H15N3O2/c1-2-11-3-8-4-13-10(5-12-8)15-9-6-14-7-9/h4-5,9,11H,2-3,6-7H2,1H3. The van der Waals surface area contributed by atoms with Gasteiger partial charge in [0.05, 0.1) is 31.3 Å². The van der Waals surface area contributed by atoms with Gasteiger partial charge in [0.15, 0.2) is 0 Å². The maximum absolute atomic E-state index is 5.49. The fraction of sp³-hybridized carbons (Fsp3) is 0.600. The van der Waals surface area contributed by atoms with Gasteiger partial charge in [-0.1, -0.05) is 6.92 Å². The first kappa shape index (κ1) is 10.3. The van der Waals surface area contributed by atoms with Crippen molar-refractivity contribution in [3.8, 4) is 5.88 Å².